The zero-order valence-electron chi connectivity index (χ0n) is 11.9. The third-order valence-corrected chi connectivity index (χ3v) is 4.60. The van der Waals surface area contributed by atoms with E-state index in [2.05, 4.69) is 4.72 Å². The van der Waals surface area contributed by atoms with Crippen molar-refractivity contribution in [3.8, 4) is 6.07 Å². The highest BCUT2D eigenvalue weighted by molar-refractivity contribution is 7.92. The van der Waals surface area contributed by atoms with Crippen LogP contribution in [-0.4, -0.2) is 8.42 Å². The lowest BCUT2D eigenvalue weighted by molar-refractivity contribution is 0.601. The lowest BCUT2D eigenvalue weighted by atomic mass is 10.1. The molecule has 0 atom stereocenters. The first-order valence-electron chi connectivity index (χ1n) is 6.49. The minimum absolute atomic E-state index is 0.187. The average molecular weight is 300 g/mol. The van der Waals surface area contributed by atoms with E-state index in [0.717, 1.165) is 16.7 Å². The minimum atomic E-state index is -3.62. The van der Waals surface area contributed by atoms with Crippen molar-refractivity contribution < 1.29 is 8.42 Å². The molecule has 0 saturated heterocycles. The van der Waals surface area contributed by atoms with Crippen molar-refractivity contribution in [2.75, 3.05) is 4.72 Å². The standard InChI is InChI=1S/C16H16N2O2S/c1-12-4-3-5-13(2)16(12)18-21(19,20)15-8-6-14(7-9-15)10-11-17/h3-9,18H,10H2,1-2H3. The molecule has 0 aromatic heterocycles. The number of benzene rings is 2. The second-order valence-electron chi connectivity index (χ2n) is 4.85. The molecule has 5 heteroatoms. The Balaban J connectivity index is 2.32. The Morgan fingerprint density at radius 3 is 2.14 bits per heavy atom. The molecule has 0 saturated carbocycles. The first kappa shape index (κ1) is 15.1. The summed E-state index contributed by atoms with van der Waals surface area (Å²) in [6.07, 6.45) is 0.269. The van der Waals surface area contributed by atoms with Crippen LogP contribution in [0.5, 0.6) is 0 Å². The van der Waals surface area contributed by atoms with E-state index in [1.807, 2.05) is 38.1 Å². The van der Waals surface area contributed by atoms with Crippen LogP contribution in [0.3, 0.4) is 0 Å². The summed E-state index contributed by atoms with van der Waals surface area (Å²) in [5.74, 6) is 0. The van der Waals surface area contributed by atoms with E-state index in [1.165, 1.54) is 12.1 Å². The molecule has 1 N–H and O–H groups in total. The van der Waals surface area contributed by atoms with Gasteiger partial charge in [-0.3, -0.25) is 4.72 Å². The maximum absolute atomic E-state index is 12.4. The molecule has 0 radical (unpaired) electrons. The van der Waals surface area contributed by atoms with E-state index in [9.17, 15) is 8.42 Å². The zero-order chi connectivity index (χ0) is 15.5. The van der Waals surface area contributed by atoms with Crippen molar-refractivity contribution in [1.82, 2.24) is 0 Å². The van der Waals surface area contributed by atoms with Gasteiger partial charge < -0.3 is 0 Å². The molecule has 2 aromatic rings. The maximum Gasteiger partial charge on any atom is 0.261 e. The van der Waals surface area contributed by atoms with Crippen molar-refractivity contribution in [2.45, 2.75) is 25.2 Å². The van der Waals surface area contributed by atoms with Crippen LogP contribution in [0.4, 0.5) is 5.69 Å². The molecule has 0 amide bonds. The van der Waals surface area contributed by atoms with E-state index in [4.69, 9.17) is 5.26 Å². The van der Waals surface area contributed by atoms with E-state index in [0.29, 0.717) is 5.69 Å². The molecule has 0 spiro atoms. The molecule has 0 unspecified atom stereocenters. The van der Waals surface area contributed by atoms with E-state index in [1.54, 1.807) is 12.1 Å². The Labute approximate surface area is 125 Å². The van der Waals surface area contributed by atoms with E-state index >= 15 is 0 Å². The van der Waals surface area contributed by atoms with Crippen LogP contribution in [-0.2, 0) is 16.4 Å². The molecule has 21 heavy (non-hydrogen) atoms. The van der Waals surface area contributed by atoms with Gasteiger partial charge >= 0.3 is 0 Å². The molecule has 0 heterocycles. The number of nitriles is 1. The monoisotopic (exact) mass is 300 g/mol. The van der Waals surface area contributed by atoms with Crippen molar-refractivity contribution in [2.24, 2.45) is 0 Å². The van der Waals surface area contributed by atoms with Crippen LogP contribution in [0.1, 0.15) is 16.7 Å². The Morgan fingerprint density at radius 1 is 1.05 bits per heavy atom. The third-order valence-electron chi connectivity index (χ3n) is 3.23. The minimum Gasteiger partial charge on any atom is -0.279 e. The molecule has 0 fully saturated rings. The fourth-order valence-electron chi connectivity index (χ4n) is 2.05. The summed E-state index contributed by atoms with van der Waals surface area (Å²) in [7, 11) is -3.62. The van der Waals surface area contributed by atoms with E-state index in [-0.39, 0.29) is 11.3 Å². The van der Waals surface area contributed by atoms with Crippen molar-refractivity contribution in [3.63, 3.8) is 0 Å². The number of sulfonamides is 1. The quantitative estimate of drug-likeness (QED) is 0.942. The van der Waals surface area contributed by atoms with Crippen molar-refractivity contribution in [3.05, 3.63) is 59.2 Å². The lowest BCUT2D eigenvalue weighted by Crippen LogP contribution is -2.14. The van der Waals surface area contributed by atoms with Crippen LogP contribution < -0.4 is 4.72 Å². The fraction of sp³-hybridized carbons (Fsp3) is 0.188. The molecule has 0 aliphatic heterocycles. The summed E-state index contributed by atoms with van der Waals surface area (Å²) in [6, 6.07) is 14.0. The molecular formula is C16H16N2O2S. The molecule has 2 rings (SSSR count). The Morgan fingerprint density at radius 2 is 1.62 bits per heavy atom. The molecule has 108 valence electrons. The Kier molecular flexibility index (Phi) is 4.29. The zero-order valence-corrected chi connectivity index (χ0v) is 12.7. The van der Waals surface area contributed by atoms with Crippen LogP contribution in [0.25, 0.3) is 0 Å². The summed E-state index contributed by atoms with van der Waals surface area (Å²) in [6.45, 7) is 3.72. The predicted octanol–water partition coefficient (Wildman–Crippen LogP) is 3.17. The van der Waals surface area contributed by atoms with Gasteiger partial charge in [0.1, 0.15) is 0 Å². The van der Waals surface area contributed by atoms with Crippen molar-refractivity contribution in [1.29, 1.82) is 5.26 Å². The topological polar surface area (TPSA) is 70.0 Å². The van der Waals surface area contributed by atoms with Crippen LogP contribution in [0.15, 0.2) is 47.4 Å². The number of anilines is 1. The van der Waals surface area contributed by atoms with Gasteiger partial charge in [0.25, 0.3) is 10.0 Å². The van der Waals surface area contributed by atoms with Gasteiger partial charge in [0, 0.05) is 0 Å². The average Bonchev–Trinajstić information content (AvgIpc) is 2.44. The number of nitrogens with zero attached hydrogens (tertiary/aromatic N) is 1. The molecule has 0 bridgehead atoms. The third kappa shape index (κ3) is 3.41. The molecule has 2 aromatic carbocycles. The summed E-state index contributed by atoms with van der Waals surface area (Å²) in [5.41, 5.74) is 3.15. The summed E-state index contributed by atoms with van der Waals surface area (Å²) in [5, 5.41) is 8.62. The first-order chi connectivity index (χ1) is 9.94. The Bertz CT molecular complexity index is 768. The number of hydrogen-bond donors (Lipinski definition) is 1. The van der Waals surface area contributed by atoms with Crippen molar-refractivity contribution >= 4 is 15.7 Å². The summed E-state index contributed by atoms with van der Waals surface area (Å²) >= 11 is 0. The van der Waals surface area contributed by atoms with Gasteiger partial charge in [-0.2, -0.15) is 5.26 Å². The SMILES string of the molecule is Cc1cccc(C)c1NS(=O)(=O)c1ccc(CC#N)cc1. The number of hydrogen-bond acceptors (Lipinski definition) is 3. The first-order valence-corrected chi connectivity index (χ1v) is 7.97. The molecular weight excluding hydrogens is 284 g/mol. The van der Waals surface area contributed by atoms with Crippen LogP contribution in [0, 0.1) is 25.2 Å². The van der Waals surface area contributed by atoms with Gasteiger partial charge in [-0.1, -0.05) is 30.3 Å². The highest BCUT2D eigenvalue weighted by Gasteiger charge is 2.16. The summed E-state index contributed by atoms with van der Waals surface area (Å²) in [4.78, 5) is 0.187. The number of para-hydroxylation sites is 1. The van der Waals surface area contributed by atoms with Gasteiger partial charge in [0.2, 0.25) is 0 Å². The smallest absolute Gasteiger partial charge is 0.261 e. The fourth-order valence-corrected chi connectivity index (χ4v) is 3.25. The maximum atomic E-state index is 12.4. The van der Waals surface area contributed by atoms with Crippen LogP contribution >= 0.6 is 0 Å². The predicted molar refractivity (Wildman–Crippen MR) is 82.5 cm³/mol. The highest BCUT2D eigenvalue weighted by atomic mass is 32.2. The number of aryl methyl sites for hydroxylation is 2. The largest absolute Gasteiger partial charge is 0.279 e. The highest BCUT2D eigenvalue weighted by Crippen LogP contribution is 2.23. The van der Waals surface area contributed by atoms with Gasteiger partial charge in [0.05, 0.1) is 23.1 Å². The molecule has 4 nitrogen and oxygen atoms in total. The molecule has 0 aliphatic rings. The van der Waals surface area contributed by atoms with Gasteiger partial charge in [0.15, 0.2) is 0 Å². The molecule has 0 aliphatic carbocycles. The number of rotatable bonds is 4. The van der Waals surface area contributed by atoms with Gasteiger partial charge in [-0.15, -0.1) is 0 Å². The summed E-state index contributed by atoms with van der Waals surface area (Å²) < 4.78 is 27.4. The second kappa shape index (κ2) is 5.98. The van der Waals surface area contributed by atoms with Crippen LogP contribution in [0.2, 0.25) is 0 Å². The number of nitrogens with one attached hydrogen (secondary N) is 1. The Hall–Kier alpha value is -2.32. The lowest BCUT2D eigenvalue weighted by Gasteiger charge is -2.13. The van der Waals surface area contributed by atoms with Gasteiger partial charge in [-0.05, 0) is 42.7 Å². The van der Waals surface area contributed by atoms with E-state index < -0.39 is 10.0 Å². The normalized spacial score (nSPS) is 10.9. The second-order valence-corrected chi connectivity index (χ2v) is 6.53. The van der Waals surface area contributed by atoms with Gasteiger partial charge in [-0.25, -0.2) is 8.42 Å².